The molecule has 1 aromatic rings. The predicted octanol–water partition coefficient (Wildman–Crippen LogP) is 2.82. The molecular weight excluding hydrogens is 274 g/mol. The van der Waals surface area contributed by atoms with Gasteiger partial charge < -0.3 is 10.2 Å². The van der Waals surface area contributed by atoms with Crippen LogP contribution in [0, 0.1) is 11.8 Å². The van der Waals surface area contributed by atoms with Gasteiger partial charge in [0, 0.05) is 5.92 Å². The van der Waals surface area contributed by atoms with Gasteiger partial charge in [0.2, 0.25) is 0 Å². The van der Waals surface area contributed by atoms with Gasteiger partial charge in [0.1, 0.15) is 5.75 Å². The molecule has 4 aliphatic heterocycles. The van der Waals surface area contributed by atoms with Gasteiger partial charge in [-0.15, -0.1) is 0 Å². The molecule has 3 saturated heterocycles. The van der Waals surface area contributed by atoms with Gasteiger partial charge in [-0.25, -0.2) is 0 Å². The van der Waals surface area contributed by atoms with E-state index in [-0.39, 0.29) is 6.04 Å². The summed E-state index contributed by atoms with van der Waals surface area (Å²) < 4.78 is 5.89. The van der Waals surface area contributed by atoms with Crippen LogP contribution in [0.5, 0.6) is 5.75 Å². The van der Waals surface area contributed by atoms with Crippen molar-refractivity contribution in [1.29, 1.82) is 0 Å². The van der Waals surface area contributed by atoms with Crippen LogP contribution in [0.2, 0.25) is 0 Å². The Morgan fingerprint density at radius 2 is 2.14 bits per heavy atom. The van der Waals surface area contributed by atoms with E-state index in [2.05, 4.69) is 53.5 Å². The Kier molecular flexibility index (Phi) is 3.57. The lowest BCUT2D eigenvalue weighted by molar-refractivity contribution is 0.133. The van der Waals surface area contributed by atoms with Crippen molar-refractivity contribution in [3.05, 3.63) is 29.8 Å². The Bertz CT molecular complexity index is 575. The Morgan fingerprint density at radius 3 is 2.91 bits per heavy atom. The zero-order valence-electron chi connectivity index (χ0n) is 13.5. The molecule has 0 saturated carbocycles. The summed E-state index contributed by atoms with van der Waals surface area (Å²) in [5.74, 6) is 2.22. The summed E-state index contributed by atoms with van der Waals surface area (Å²) in [5, 5.41) is 4.69. The minimum atomic E-state index is 0.278. The van der Waals surface area contributed by atoms with Crippen molar-refractivity contribution < 1.29 is 4.74 Å². The highest BCUT2D eigenvalue weighted by Gasteiger charge is 2.46. The Morgan fingerprint density at radius 1 is 1.32 bits per heavy atom. The number of hydrazone groups is 1. The van der Waals surface area contributed by atoms with E-state index in [0.717, 1.165) is 12.4 Å². The fourth-order valence-corrected chi connectivity index (χ4v) is 3.97. The van der Waals surface area contributed by atoms with E-state index in [0.29, 0.717) is 17.9 Å². The van der Waals surface area contributed by atoms with E-state index in [4.69, 9.17) is 4.74 Å². The van der Waals surface area contributed by atoms with Gasteiger partial charge in [-0.3, -0.25) is 4.90 Å². The van der Waals surface area contributed by atoms with Gasteiger partial charge in [0.05, 0.1) is 24.4 Å². The van der Waals surface area contributed by atoms with E-state index < -0.39 is 0 Å². The molecule has 5 rings (SSSR count). The number of benzene rings is 1. The van der Waals surface area contributed by atoms with Crippen molar-refractivity contribution in [2.24, 2.45) is 16.9 Å². The minimum Gasteiger partial charge on any atom is -0.493 e. The lowest BCUT2D eigenvalue weighted by Gasteiger charge is -2.45. The van der Waals surface area contributed by atoms with Crippen LogP contribution in [0.25, 0.3) is 0 Å². The molecule has 0 aromatic heterocycles. The van der Waals surface area contributed by atoms with E-state index in [1.807, 2.05) is 0 Å². The van der Waals surface area contributed by atoms with Crippen molar-refractivity contribution in [1.82, 2.24) is 10.3 Å². The average Bonchev–Trinajstić information content (AvgIpc) is 3.01. The van der Waals surface area contributed by atoms with E-state index in [1.165, 1.54) is 37.2 Å². The van der Waals surface area contributed by atoms with Crippen LogP contribution < -0.4 is 10.2 Å². The number of hydrogen-bond acceptors (Lipinski definition) is 4. The first-order valence-corrected chi connectivity index (χ1v) is 8.52. The number of nitrogens with zero attached hydrogens (tertiary/aromatic N) is 2. The normalized spacial score (nSPS) is 32.6. The first-order valence-electron chi connectivity index (χ1n) is 8.52. The summed E-state index contributed by atoms with van der Waals surface area (Å²) in [5.41, 5.74) is 6.07. The first-order chi connectivity index (χ1) is 10.7. The van der Waals surface area contributed by atoms with Crippen molar-refractivity contribution in [2.45, 2.75) is 38.8 Å². The molecule has 1 aromatic carbocycles. The second-order valence-corrected chi connectivity index (χ2v) is 7.18. The van der Waals surface area contributed by atoms with Crippen molar-refractivity contribution in [2.75, 3.05) is 19.7 Å². The maximum atomic E-state index is 5.89. The molecule has 2 bridgehead atoms. The lowest BCUT2D eigenvalue weighted by atomic mass is 9.78. The molecule has 22 heavy (non-hydrogen) atoms. The van der Waals surface area contributed by atoms with Crippen LogP contribution in [-0.4, -0.2) is 36.3 Å². The molecule has 0 radical (unpaired) electrons. The van der Waals surface area contributed by atoms with Gasteiger partial charge in [-0.2, -0.15) is 5.10 Å². The summed E-state index contributed by atoms with van der Waals surface area (Å²) in [6.45, 7) is 7.55. The third-order valence-corrected chi connectivity index (χ3v) is 5.09. The van der Waals surface area contributed by atoms with Crippen LogP contribution in [0.3, 0.4) is 0 Å². The Labute approximate surface area is 132 Å². The largest absolute Gasteiger partial charge is 0.493 e. The number of hydrogen-bond donors (Lipinski definition) is 1. The maximum Gasteiger partial charge on any atom is 0.119 e. The molecule has 4 nitrogen and oxygen atoms in total. The van der Waals surface area contributed by atoms with E-state index in [9.17, 15) is 0 Å². The highest BCUT2D eigenvalue weighted by Crippen LogP contribution is 2.39. The number of fused-ring (bicyclic) bond motifs is 2. The standard InChI is InChI=1S/C18H25N3O/c1-12(2)11-22-15-5-3-4-14(10-15)17-18-16(19-20-17)13-6-8-21(18)9-7-13/h3-5,10,12-13,17-18,20H,6-9,11H2,1-2H3. The summed E-state index contributed by atoms with van der Waals surface area (Å²) in [4.78, 5) is 2.60. The zero-order chi connectivity index (χ0) is 15.1. The monoisotopic (exact) mass is 299 g/mol. The molecule has 0 spiro atoms. The second kappa shape index (κ2) is 5.58. The molecule has 0 amide bonds. The van der Waals surface area contributed by atoms with Crippen LogP contribution >= 0.6 is 0 Å². The van der Waals surface area contributed by atoms with Crippen molar-refractivity contribution in [3.63, 3.8) is 0 Å². The average molecular weight is 299 g/mol. The van der Waals surface area contributed by atoms with Crippen LogP contribution in [0.1, 0.15) is 38.3 Å². The molecule has 1 N–H and O–H groups in total. The highest BCUT2D eigenvalue weighted by molar-refractivity contribution is 5.95. The fraction of sp³-hybridized carbons (Fsp3) is 0.611. The summed E-state index contributed by atoms with van der Waals surface area (Å²) in [7, 11) is 0. The predicted molar refractivity (Wildman–Crippen MR) is 88.2 cm³/mol. The third kappa shape index (κ3) is 2.39. The Balaban J connectivity index is 1.54. The number of rotatable bonds is 4. The van der Waals surface area contributed by atoms with Crippen molar-refractivity contribution in [3.8, 4) is 5.75 Å². The molecule has 2 unspecified atom stereocenters. The van der Waals surface area contributed by atoms with E-state index in [1.54, 1.807) is 0 Å². The molecule has 2 atom stereocenters. The number of ether oxygens (including phenoxy) is 1. The summed E-state index contributed by atoms with van der Waals surface area (Å²) >= 11 is 0. The van der Waals surface area contributed by atoms with Gasteiger partial charge in [0.15, 0.2) is 0 Å². The SMILES string of the molecule is CC(C)COc1cccc(C2NN=C3C4CCN(CC4)C32)c1. The molecule has 4 heterocycles. The summed E-state index contributed by atoms with van der Waals surface area (Å²) in [6, 6.07) is 9.26. The van der Waals surface area contributed by atoms with E-state index >= 15 is 0 Å². The quantitative estimate of drug-likeness (QED) is 0.929. The Hall–Kier alpha value is -1.55. The van der Waals surface area contributed by atoms with Crippen LogP contribution in [0.4, 0.5) is 0 Å². The fourth-order valence-electron chi connectivity index (χ4n) is 3.97. The third-order valence-electron chi connectivity index (χ3n) is 5.09. The van der Waals surface area contributed by atoms with Crippen LogP contribution in [0.15, 0.2) is 29.4 Å². The van der Waals surface area contributed by atoms with Gasteiger partial charge in [0.25, 0.3) is 0 Å². The molecular formula is C18H25N3O. The second-order valence-electron chi connectivity index (χ2n) is 7.18. The van der Waals surface area contributed by atoms with Crippen molar-refractivity contribution >= 4 is 5.71 Å². The maximum absolute atomic E-state index is 5.89. The van der Waals surface area contributed by atoms with Gasteiger partial charge >= 0.3 is 0 Å². The molecule has 0 aliphatic carbocycles. The van der Waals surface area contributed by atoms with Gasteiger partial charge in [-0.1, -0.05) is 26.0 Å². The summed E-state index contributed by atoms with van der Waals surface area (Å²) in [6.07, 6.45) is 2.56. The molecule has 118 valence electrons. The number of nitrogens with one attached hydrogen (secondary N) is 1. The topological polar surface area (TPSA) is 36.9 Å². The molecule has 3 fully saturated rings. The van der Waals surface area contributed by atoms with Crippen LogP contribution in [-0.2, 0) is 0 Å². The molecule has 4 heteroatoms. The van der Waals surface area contributed by atoms with Gasteiger partial charge in [-0.05, 0) is 49.5 Å². The number of piperidine rings is 3. The lowest BCUT2D eigenvalue weighted by Crippen LogP contribution is -2.56. The minimum absolute atomic E-state index is 0.278. The zero-order valence-corrected chi connectivity index (χ0v) is 13.5. The highest BCUT2D eigenvalue weighted by atomic mass is 16.5. The molecule has 4 aliphatic rings. The first kappa shape index (κ1) is 14.1. The smallest absolute Gasteiger partial charge is 0.119 e.